The Morgan fingerprint density at radius 1 is 1.53 bits per heavy atom. The summed E-state index contributed by atoms with van der Waals surface area (Å²) in [6.45, 7) is 6.71. The van der Waals surface area contributed by atoms with Crippen molar-refractivity contribution >= 4 is 5.91 Å². The highest BCUT2D eigenvalue weighted by atomic mass is 16.5. The lowest BCUT2D eigenvalue weighted by Gasteiger charge is -2.30. The third kappa shape index (κ3) is 7.31. The fraction of sp³-hybridized carbons (Fsp3) is 0.917. The van der Waals surface area contributed by atoms with Gasteiger partial charge in [-0.25, -0.2) is 0 Å². The summed E-state index contributed by atoms with van der Waals surface area (Å²) in [6.07, 6.45) is 1.37. The van der Waals surface area contributed by atoms with Gasteiger partial charge in [-0.15, -0.1) is 0 Å². The summed E-state index contributed by atoms with van der Waals surface area (Å²) in [5.74, 6) is -0.106. The van der Waals surface area contributed by atoms with Crippen LogP contribution in [0.5, 0.6) is 0 Å². The average Bonchev–Trinajstić information content (AvgIpc) is 2.23. The number of nitrogens with two attached hydrogens (primary N) is 1. The van der Waals surface area contributed by atoms with Crippen molar-refractivity contribution < 1.29 is 14.6 Å². The van der Waals surface area contributed by atoms with Gasteiger partial charge in [0.1, 0.15) is 0 Å². The Morgan fingerprint density at radius 3 is 2.53 bits per heavy atom. The van der Waals surface area contributed by atoms with Crippen molar-refractivity contribution in [2.24, 2.45) is 5.73 Å². The maximum atomic E-state index is 12.0. The van der Waals surface area contributed by atoms with Crippen LogP contribution in [0.2, 0.25) is 0 Å². The van der Waals surface area contributed by atoms with E-state index in [1.807, 2.05) is 6.92 Å². The van der Waals surface area contributed by atoms with Crippen LogP contribution in [-0.2, 0) is 9.53 Å². The lowest BCUT2D eigenvalue weighted by Crippen LogP contribution is -2.49. The number of aliphatic hydroxyl groups is 1. The first kappa shape index (κ1) is 16.4. The fourth-order valence-corrected chi connectivity index (χ4v) is 1.62. The molecule has 0 heterocycles. The molecule has 0 rings (SSSR count). The van der Waals surface area contributed by atoms with E-state index in [1.54, 1.807) is 25.9 Å². The van der Waals surface area contributed by atoms with Crippen molar-refractivity contribution in [1.82, 2.24) is 4.90 Å². The number of ether oxygens (including phenoxy) is 1. The zero-order chi connectivity index (χ0) is 13.5. The van der Waals surface area contributed by atoms with Gasteiger partial charge in [0.2, 0.25) is 5.91 Å². The summed E-state index contributed by atoms with van der Waals surface area (Å²) in [5, 5.41) is 9.71. The van der Waals surface area contributed by atoms with Gasteiger partial charge in [0.05, 0.1) is 11.6 Å². The Labute approximate surface area is 104 Å². The second-order valence-corrected chi connectivity index (χ2v) is 4.91. The number of likely N-dealkylation sites (N-methyl/N-ethyl adjacent to an activating group) is 1. The van der Waals surface area contributed by atoms with Crippen LogP contribution >= 0.6 is 0 Å². The highest BCUT2D eigenvalue weighted by Crippen LogP contribution is 2.07. The highest BCUT2D eigenvalue weighted by molar-refractivity contribution is 5.81. The highest BCUT2D eigenvalue weighted by Gasteiger charge is 2.24. The molecule has 0 aromatic carbocycles. The standard InChI is InChI=1S/C12H26N2O3/c1-5-14(9-12(2,3)16)11(15)10(13)7-6-8-17-4/h10,16H,5-9,13H2,1-4H3. The molecule has 0 saturated carbocycles. The summed E-state index contributed by atoms with van der Waals surface area (Å²) >= 11 is 0. The lowest BCUT2D eigenvalue weighted by atomic mass is 10.1. The second-order valence-electron chi connectivity index (χ2n) is 4.91. The molecule has 0 radical (unpaired) electrons. The molecule has 5 nitrogen and oxygen atoms in total. The summed E-state index contributed by atoms with van der Waals surface area (Å²) in [7, 11) is 1.62. The number of amides is 1. The van der Waals surface area contributed by atoms with Crippen molar-refractivity contribution in [3.8, 4) is 0 Å². The summed E-state index contributed by atoms with van der Waals surface area (Å²) in [4.78, 5) is 13.6. The SMILES string of the molecule is CCN(CC(C)(C)O)C(=O)C(N)CCCOC. The van der Waals surface area contributed by atoms with Crippen LogP contribution in [0.3, 0.4) is 0 Å². The molecule has 17 heavy (non-hydrogen) atoms. The van der Waals surface area contributed by atoms with Crippen molar-refractivity contribution in [3.63, 3.8) is 0 Å². The van der Waals surface area contributed by atoms with E-state index in [9.17, 15) is 9.90 Å². The molecule has 1 amide bonds. The molecule has 102 valence electrons. The first-order chi connectivity index (χ1) is 7.81. The van der Waals surface area contributed by atoms with Crippen LogP contribution < -0.4 is 5.73 Å². The average molecular weight is 246 g/mol. The van der Waals surface area contributed by atoms with E-state index >= 15 is 0 Å². The normalized spacial score (nSPS) is 13.5. The lowest BCUT2D eigenvalue weighted by molar-refractivity contribution is -0.135. The Hall–Kier alpha value is -0.650. The molecule has 0 aliphatic carbocycles. The molecule has 0 fully saturated rings. The van der Waals surface area contributed by atoms with Gasteiger partial charge in [-0.1, -0.05) is 0 Å². The van der Waals surface area contributed by atoms with Crippen LogP contribution in [-0.4, -0.2) is 54.4 Å². The molecule has 0 spiro atoms. The molecule has 0 aromatic heterocycles. The van der Waals surface area contributed by atoms with E-state index in [4.69, 9.17) is 10.5 Å². The van der Waals surface area contributed by atoms with Crippen LogP contribution in [0.4, 0.5) is 0 Å². The maximum absolute atomic E-state index is 12.0. The summed E-state index contributed by atoms with van der Waals surface area (Å²) < 4.78 is 4.92. The number of hydrogen-bond donors (Lipinski definition) is 2. The molecule has 0 bridgehead atoms. The van der Waals surface area contributed by atoms with Gasteiger partial charge in [-0.05, 0) is 33.6 Å². The van der Waals surface area contributed by atoms with Gasteiger partial charge in [0.25, 0.3) is 0 Å². The molecule has 3 N–H and O–H groups in total. The van der Waals surface area contributed by atoms with Crippen molar-refractivity contribution in [1.29, 1.82) is 0 Å². The van der Waals surface area contributed by atoms with E-state index in [1.165, 1.54) is 0 Å². The number of hydrogen-bond acceptors (Lipinski definition) is 4. The van der Waals surface area contributed by atoms with E-state index in [0.717, 1.165) is 6.42 Å². The minimum absolute atomic E-state index is 0.106. The Morgan fingerprint density at radius 2 is 2.12 bits per heavy atom. The van der Waals surface area contributed by atoms with Crippen LogP contribution in [0, 0.1) is 0 Å². The van der Waals surface area contributed by atoms with E-state index in [-0.39, 0.29) is 5.91 Å². The molecule has 5 heteroatoms. The molecular weight excluding hydrogens is 220 g/mol. The van der Waals surface area contributed by atoms with Crippen molar-refractivity contribution in [3.05, 3.63) is 0 Å². The monoisotopic (exact) mass is 246 g/mol. The van der Waals surface area contributed by atoms with Gasteiger partial charge < -0.3 is 20.5 Å². The third-order valence-electron chi connectivity index (χ3n) is 2.45. The Balaban J connectivity index is 4.23. The zero-order valence-corrected chi connectivity index (χ0v) is 11.4. The van der Waals surface area contributed by atoms with E-state index in [2.05, 4.69) is 0 Å². The minimum atomic E-state index is -0.891. The summed E-state index contributed by atoms with van der Waals surface area (Å²) in [6, 6.07) is -0.507. The number of carbonyl (C=O) groups is 1. The quantitative estimate of drug-likeness (QED) is 0.606. The molecule has 0 aromatic rings. The number of carbonyl (C=O) groups excluding carboxylic acids is 1. The molecule has 0 saturated heterocycles. The zero-order valence-electron chi connectivity index (χ0n) is 11.4. The second kappa shape index (κ2) is 7.63. The smallest absolute Gasteiger partial charge is 0.239 e. The van der Waals surface area contributed by atoms with Gasteiger partial charge in [-0.2, -0.15) is 0 Å². The molecule has 1 unspecified atom stereocenters. The Kier molecular flexibility index (Phi) is 7.34. The first-order valence-electron chi connectivity index (χ1n) is 6.07. The van der Waals surface area contributed by atoms with Gasteiger partial charge >= 0.3 is 0 Å². The van der Waals surface area contributed by atoms with Crippen molar-refractivity contribution in [2.45, 2.75) is 45.3 Å². The van der Waals surface area contributed by atoms with Crippen LogP contribution in [0.25, 0.3) is 0 Å². The molecule has 0 aliphatic rings. The third-order valence-corrected chi connectivity index (χ3v) is 2.45. The Bertz CT molecular complexity index is 226. The predicted octanol–water partition coefficient (Wildman–Crippen LogP) is 0.360. The number of rotatable bonds is 8. The van der Waals surface area contributed by atoms with Crippen molar-refractivity contribution in [2.75, 3.05) is 26.8 Å². The predicted molar refractivity (Wildman–Crippen MR) is 67.6 cm³/mol. The van der Waals surface area contributed by atoms with Gasteiger partial charge in [-0.3, -0.25) is 4.79 Å². The molecule has 0 aliphatic heterocycles. The van der Waals surface area contributed by atoms with Gasteiger partial charge in [0, 0.05) is 26.8 Å². The topological polar surface area (TPSA) is 75.8 Å². The van der Waals surface area contributed by atoms with E-state index in [0.29, 0.717) is 26.1 Å². The summed E-state index contributed by atoms with van der Waals surface area (Å²) in [5.41, 5.74) is 4.93. The minimum Gasteiger partial charge on any atom is -0.389 e. The molecular formula is C12H26N2O3. The fourth-order valence-electron chi connectivity index (χ4n) is 1.62. The number of nitrogens with zero attached hydrogens (tertiary/aromatic N) is 1. The number of methoxy groups -OCH3 is 1. The van der Waals surface area contributed by atoms with Crippen LogP contribution in [0.15, 0.2) is 0 Å². The largest absolute Gasteiger partial charge is 0.389 e. The van der Waals surface area contributed by atoms with E-state index < -0.39 is 11.6 Å². The maximum Gasteiger partial charge on any atom is 0.239 e. The van der Waals surface area contributed by atoms with Crippen LogP contribution in [0.1, 0.15) is 33.6 Å². The molecule has 1 atom stereocenters. The first-order valence-corrected chi connectivity index (χ1v) is 6.07. The van der Waals surface area contributed by atoms with Gasteiger partial charge in [0.15, 0.2) is 0 Å².